The standard InChI is InChI=1S/C15H25BrO2/c1-5-6-7-8-9-12(2)14(16)11-10-13(3)15(17)18-4/h3,5-11H2,1-2,4H3/b14-12-. The first kappa shape index (κ1) is 17.4. The van der Waals surface area contributed by atoms with Crippen molar-refractivity contribution in [1.29, 1.82) is 0 Å². The molecule has 0 aromatic rings. The molecule has 0 saturated heterocycles. The van der Waals surface area contributed by atoms with Gasteiger partial charge in [0.1, 0.15) is 0 Å². The van der Waals surface area contributed by atoms with Crippen LogP contribution in [0.2, 0.25) is 0 Å². The maximum absolute atomic E-state index is 11.2. The number of carbonyl (C=O) groups excluding carboxylic acids is 1. The van der Waals surface area contributed by atoms with Crippen LogP contribution in [-0.2, 0) is 9.53 Å². The summed E-state index contributed by atoms with van der Waals surface area (Å²) in [6, 6.07) is 0. The molecule has 0 aromatic heterocycles. The molecule has 0 unspecified atom stereocenters. The fourth-order valence-corrected chi connectivity index (χ4v) is 2.07. The number of unbranched alkanes of at least 4 members (excludes halogenated alkanes) is 3. The van der Waals surface area contributed by atoms with Crippen LogP contribution in [0, 0.1) is 0 Å². The second-order valence-corrected chi connectivity index (χ2v) is 5.55. The molecule has 0 aliphatic rings. The van der Waals surface area contributed by atoms with E-state index in [1.54, 1.807) is 0 Å². The summed E-state index contributed by atoms with van der Waals surface area (Å²) < 4.78 is 5.82. The molecule has 0 saturated carbocycles. The predicted molar refractivity (Wildman–Crippen MR) is 80.8 cm³/mol. The van der Waals surface area contributed by atoms with Gasteiger partial charge in [-0.2, -0.15) is 0 Å². The Balaban J connectivity index is 4.00. The number of esters is 1. The van der Waals surface area contributed by atoms with Gasteiger partial charge in [0.15, 0.2) is 0 Å². The second-order valence-electron chi connectivity index (χ2n) is 4.59. The molecule has 0 fully saturated rings. The fraction of sp³-hybridized carbons (Fsp3) is 0.667. The minimum atomic E-state index is -0.309. The molecular formula is C15H25BrO2. The van der Waals surface area contributed by atoms with Gasteiger partial charge in [-0.25, -0.2) is 4.79 Å². The van der Waals surface area contributed by atoms with Crippen molar-refractivity contribution in [3.8, 4) is 0 Å². The summed E-state index contributed by atoms with van der Waals surface area (Å²) in [7, 11) is 1.39. The van der Waals surface area contributed by atoms with Gasteiger partial charge in [-0.15, -0.1) is 0 Å². The van der Waals surface area contributed by atoms with E-state index in [0.717, 1.165) is 12.8 Å². The zero-order valence-corrected chi connectivity index (χ0v) is 13.4. The molecular weight excluding hydrogens is 292 g/mol. The zero-order chi connectivity index (χ0) is 14.0. The van der Waals surface area contributed by atoms with E-state index in [-0.39, 0.29) is 5.97 Å². The molecule has 0 N–H and O–H groups in total. The summed E-state index contributed by atoms with van der Waals surface area (Å²) in [6.07, 6.45) is 7.72. The summed E-state index contributed by atoms with van der Waals surface area (Å²) in [4.78, 5) is 11.2. The summed E-state index contributed by atoms with van der Waals surface area (Å²) >= 11 is 3.60. The Morgan fingerprint density at radius 3 is 2.39 bits per heavy atom. The van der Waals surface area contributed by atoms with E-state index in [4.69, 9.17) is 0 Å². The van der Waals surface area contributed by atoms with E-state index < -0.39 is 0 Å². The lowest BCUT2D eigenvalue weighted by Crippen LogP contribution is -2.03. The number of rotatable bonds is 9. The van der Waals surface area contributed by atoms with Gasteiger partial charge in [0.2, 0.25) is 0 Å². The Bertz CT molecular complexity index is 306. The molecule has 18 heavy (non-hydrogen) atoms. The van der Waals surface area contributed by atoms with Gasteiger partial charge >= 0.3 is 5.97 Å². The monoisotopic (exact) mass is 316 g/mol. The molecule has 0 radical (unpaired) electrons. The molecule has 0 spiro atoms. The van der Waals surface area contributed by atoms with Gasteiger partial charge < -0.3 is 4.74 Å². The Kier molecular flexibility index (Phi) is 10.0. The van der Waals surface area contributed by atoms with E-state index in [0.29, 0.717) is 12.0 Å². The number of allylic oxidation sites excluding steroid dienone is 2. The SMILES string of the molecule is C=C(CC/C(Br)=C(\C)CCCCCC)C(=O)OC. The van der Waals surface area contributed by atoms with Gasteiger partial charge in [0.05, 0.1) is 7.11 Å². The molecule has 0 bridgehead atoms. The second kappa shape index (κ2) is 10.4. The van der Waals surface area contributed by atoms with Crippen molar-refractivity contribution in [3.05, 3.63) is 22.2 Å². The number of hydrogen-bond donors (Lipinski definition) is 0. The molecule has 104 valence electrons. The van der Waals surface area contributed by atoms with Gasteiger partial charge in [0, 0.05) is 5.57 Å². The highest BCUT2D eigenvalue weighted by Gasteiger charge is 2.08. The fourth-order valence-electron chi connectivity index (χ4n) is 1.67. The number of hydrogen-bond acceptors (Lipinski definition) is 2. The lowest BCUT2D eigenvalue weighted by Gasteiger charge is -2.07. The van der Waals surface area contributed by atoms with Crippen LogP contribution >= 0.6 is 15.9 Å². The van der Waals surface area contributed by atoms with Crippen LogP contribution in [0.3, 0.4) is 0 Å². The number of ether oxygens (including phenoxy) is 1. The van der Waals surface area contributed by atoms with Crippen LogP contribution in [0.5, 0.6) is 0 Å². The average molecular weight is 317 g/mol. The van der Waals surface area contributed by atoms with E-state index in [1.807, 2.05) is 0 Å². The Morgan fingerprint density at radius 1 is 1.17 bits per heavy atom. The van der Waals surface area contributed by atoms with Crippen molar-refractivity contribution < 1.29 is 9.53 Å². The van der Waals surface area contributed by atoms with Crippen LogP contribution in [0.25, 0.3) is 0 Å². The molecule has 0 aliphatic heterocycles. The molecule has 0 atom stereocenters. The molecule has 0 aliphatic carbocycles. The van der Waals surface area contributed by atoms with Crippen molar-refractivity contribution >= 4 is 21.9 Å². The van der Waals surface area contributed by atoms with Crippen molar-refractivity contribution in [2.24, 2.45) is 0 Å². The maximum atomic E-state index is 11.2. The number of halogens is 1. The van der Waals surface area contributed by atoms with Gasteiger partial charge in [-0.1, -0.05) is 54.3 Å². The molecule has 0 aromatic carbocycles. The first-order chi connectivity index (χ1) is 8.52. The Labute approximate surface area is 120 Å². The first-order valence-electron chi connectivity index (χ1n) is 6.63. The van der Waals surface area contributed by atoms with Crippen LogP contribution in [0.4, 0.5) is 0 Å². The molecule has 2 nitrogen and oxygen atoms in total. The smallest absolute Gasteiger partial charge is 0.333 e. The van der Waals surface area contributed by atoms with Crippen molar-refractivity contribution in [2.75, 3.05) is 7.11 Å². The minimum absolute atomic E-state index is 0.309. The van der Waals surface area contributed by atoms with E-state index >= 15 is 0 Å². The maximum Gasteiger partial charge on any atom is 0.333 e. The van der Waals surface area contributed by atoms with Crippen LogP contribution in [0.15, 0.2) is 22.2 Å². The van der Waals surface area contributed by atoms with Crippen molar-refractivity contribution in [2.45, 2.75) is 58.8 Å². The summed E-state index contributed by atoms with van der Waals surface area (Å²) in [5.74, 6) is -0.309. The largest absolute Gasteiger partial charge is 0.466 e. The molecule has 0 rings (SSSR count). The topological polar surface area (TPSA) is 26.3 Å². The normalized spacial score (nSPS) is 12.0. The summed E-state index contributed by atoms with van der Waals surface area (Å²) in [5.41, 5.74) is 1.91. The highest BCUT2D eigenvalue weighted by Crippen LogP contribution is 2.24. The molecule has 0 heterocycles. The predicted octanol–water partition coefficient (Wildman–Crippen LogP) is 5.14. The number of carbonyl (C=O) groups is 1. The third-order valence-electron chi connectivity index (χ3n) is 2.99. The van der Waals surface area contributed by atoms with Crippen LogP contribution < -0.4 is 0 Å². The van der Waals surface area contributed by atoms with Crippen LogP contribution in [0.1, 0.15) is 58.8 Å². The Hall–Kier alpha value is -0.570. The van der Waals surface area contributed by atoms with Gasteiger partial charge in [-0.3, -0.25) is 0 Å². The van der Waals surface area contributed by atoms with Crippen molar-refractivity contribution in [1.82, 2.24) is 0 Å². The summed E-state index contributed by atoms with van der Waals surface area (Å²) in [5, 5.41) is 0. The third-order valence-corrected chi connectivity index (χ3v) is 4.06. The average Bonchev–Trinajstić information content (AvgIpc) is 2.39. The van der Waals surface area contributed by atoms with E-state index in [9.17, 15) is 4.79 Å². The van der Waals surface area contributed by atoms with Crippen molar-refractivity contribution in [3.63, 3.8) is 0 Å². The minimum Gasteiger partial charge on any atom is -0.466 e. The van der Waals surface area contributed by atoms with Gasteiger partial charge in [0.25, 0.3) is 0 Å². The van der Waals surface area contributed by atoms with E-state index in [1.165, 1.54) is 42.8 Å². The lowest BCUT2D eigenvalue weighted by atomic mass is 10.0. The zero-order valence-electron chi connectivity index (χ0n) is 11.9. The highest BCUT2D eigenvalue weighted by atomic mass is 79.9. The van der Waals surface area contributed by atoms with E-state index in [2.05, 4.69) is 41.1 Å². The summed E-state index contributed by atoms with van der Waals surface area (Å²) in [6.45, 7) is 8.09. The first-order valence-corrected chi connectivity index (χ1v) is 7.42. The quantitative estimate of drug-likeness (QED) is 0.334. The lowest BCUT2D eigenvalue weighted by molar-refractivity contribution is -0.136. The van der Waals surface area contributed by atoms with Crippen LogP contribution in [-0.4, -0.2) is 13.1 Å². The molecule has 3 heteroatoms. The van der Waals surface area contributed by atoms with Gasteiger partial charge in [-0.05, 0) is 37.1 Å². The molecule has 0 amide bonds. The Morgan fingerprint density at radius 2 is 1.83 bits per heavy atom. The highest BCUT2D eigenvalue weighted by molar-refractivity contribution is 9.11. The number of methoxy groups -OCH3 is 1. The third kappa shape index (κ3) is 7.70.